The van der Waals surface area contributed by atoms with Crippen LogP contribution in [-0.4, -0.2) is 30.5 Å². The van der Waals surface area contributed by atoms with Crippen LogP contribution in [0.5, 0.6) is 0 Å². The van der Waals surface area contributed by atoms with Crippen molar-refractivity contribution in [3.05, 3.63) is 94.9 Å². The van der Waals surface area contributed by atoms with Crippen LogP contribution in [0.2, 0.25) is 5.02 Å². The lowest BCUT2D eigenvalue weighted by Crippen LogP contribution is -2.20. The van der Waals surface area contributed by atoms with Crippen LogP contribution in [0.25, 0.3) is 22.3 Å². The maximum atomic E-state index is 13.9. The number of fused-ring (bicyclic) bond motifs is 1. The zero-order valence-electron chi connectivity index (χ0n) is 19.2. The number of carbonyl (C=O) groups is 1. The smallest absolute Gasteiger partial charge is 0.264 e. The van der Waals surface area contributed by atoms with Gasteiger partial charge in [0.15, 0.2) is 5.65 Å². The Morgan fingerprint density at radius 3 is 2.53 bits per heavy atom. The summed E-state index contributed by atoms with van der Waals surface area (Å²) in [4.78, 5) is 17.4. The number of anilines is 1. The molecule has 5 rings (SSSR count). The van der Waals surface area contributed by atoms with Crippen LogP contribution in [0.1, 0.15) is 23.2 Å². The molecule has 0 saturated heterocycles. The molecule has 0 unspecified atom stereocenters. The van der Waals surface area contributed by atoms with E-state index in [0.29, 0.717) is 34.2 Å². The fourth-order valence-corrected chi connectivity index (χ4v) is 4.22. The van der Waals surface area contributed by atoms with Crippen molar-refractivity contribution in [2.24, 2.45) is 0 Å². The topological polar surface area (TPSA) is 77.6 Å². The van der Waals surface area contributed by atoms with Crippen molar-refractivity contribution in [1.82, 2.24) is 24.5 Å². The van der Waals surface area contributed by atoms with Crippen molar-refractivity contribution in [2.75, 3.05) is 5.32 Å². The molecule has 2 aromatic carbocycles. The van der Waals surface area contributed by atoms with Gasteiger partial charge in [0.25, 0.3) is 6.43 Å². The standard InChI is InChI=1S/C26H21ClF2N6O/c1-16-24-21(25(28)29)11-22(18-5-3-2-4-6-18)32-26(24)35(33-16)15-23(36)31-20-9-7-17(8-10-20)13-34-14-19(27)12-30-34/h2-12,14,25H,13,15H2,1H3,(H,31,36). The Morgan fingerprint density at radius 1 is 1.11 bits per heavy atom. The first-order valence-electron chi connectivity index (χ1n) is 11.2. The molecule has 36 heavy (non-hydrogen) atoms. The minimum atomic E-state index is -2.71. The number of benzene rings is 2. The fraction of sp³-hybridized carbons (Fsp3) is 0.154. The molecule has 182 valence electrons. The summed E-state index contributed by atoms with van der Waals surface area (Å²) < 4.78 is 31.0. The highest BCUT2D eigenvalue weighted by Crippen LogP contribution is 2.33. The number of carbonyl (C=O) groups excluding carboxylic acids is 1. The Labute approximate surface area is 210 Å². The minimum absolute atomic E-state index is 0.155. The van der Waals surface area contributed by atoms with Crippen molar-refractivity contribution in [1.29, 1.82) is 0 Å². The van der Waals surface area contributed by atoms with Gasteiger partial charge in [0, 0.05) is 23.0 Å². The molecule has 0 aliphatic carbocycles. The summed E-state index contributed by atoms with van der Waals surface area (Å²) in [5.41, 5.74) is 3.16. The summed E-state index contributed by atoms with van der Waals surface area (Å²) in [5, 5.41) is 12.2. The zero-order valence-corrected chi connectivity index (χ0v) is 20.0. The molecule has 0 saturated carbocycles. The predicted molar refractivity (Wildman–Crippen MR) is 134 cm³/mol. The zero-order chi connectivity index (χ0) is 25.2. The molecule has 1 N–H and O–H groups in total. The van der Waals surface area contributed by atoms with E-state index in [2.05, 4.69) is 20.5 Å². The molecular formula is C26H21ClF2N6O. The van der Waals surface area contributed by atoms with Crippen molar-refractivity contribution in [2.45, 2.75) is 26.4 Å². The molecule has 0 radical (unpaired) electrons. The van der Waals surface area contributed by atoms with Crippen molar-refractivity contribution < 1.29 is 13.6 Å². The van der Waals surface area contributed by atoms with Gasteiger partial charge < -0.3 is 5.32 Å². The van der Waals surface area contributed by atoms with Gasteiger partial charge in [-0.25, -0.2) is 18.4 Å². The van der Waals surface area contributed by atoms with Crippen molar-refractivity contribution >= 4 is 34.2 Å². The van der Waals surface area contributed by atoms with E-state index >= 15 is 0 Å². The molecule has 0 aliphatic rings. The van der Waals surface area contributed by atoms with Crippen LogP contribution in [-0.2, 0) is 17.9 Å². The number of hydrogen-bond acceptors (Lipinski definition) is 4. The lowest BCUT2D eigenvalue weighted by molar-refractivity contribution is -0.116. The van der Waals surface area contributed by atoms with Gasteiger partial charge in [0.05, 0.1) is 34.5 Å². The van der Waals surface area contributed by atoms with Gasteiger partial charge in [-0.15, -0.1) is 0 Å². The average Bonchev–Trinajstić information content (AvgIpc) is 3.42. The van der Waals surface area contributed by atoms with Crippen molar-refractivity contribution in [3.8, 4) is 11.3 Å². The number of aromatic nitrogens is 5. The van der Waals surface area contributed by atoms with E-state index in [1.165, 1.54) is 10.7 Å². The Hall–Kier alpha value is -4.11. The predicted octanol–water partition coefficient (Wildman–Crippen LogP) is 5.88. The lowest BCUT2D eigenvalue weighted by atomic mass is 10.1. The van der Waals surface area contributed by atoms with E-state index in [1.54, 1.807) is 48.3 Å². The molecule has 3 heterocycles. The second-order valence-corrected chi connectivity index (χ2v) is 8.74. The van der Waals surface area contributed by atoms with E-state index in [-0.39, 0.29) is 29.0 Å². The van der Waals surface area contributed by atoms with Crippen LogP contribution in [0, 0.1) is 6.92 Å². The number of halogens is 3. The molecule has 1 amide bonds. The van der Waals surface area contributed by atoms with E-state index in [1.807, 2.05) is 30.3 Å². The summed E-state index contributed by atoms with van der Waals surface area (Å²) in [5.74, 6) is -0.350. The van der Waals surface area contributed by atoms with E-state index < -0.39 is 6.43 Å². The molecule has 0 aliphatic heterocycles. The summed E-state index contributed by atoms with van der Waals surface area (Å²) >= 11 is 5.90. The highest BCUT2D eigenvalue weighted by atomic mass is 35.5. The Bertz CT molecular complexity index is 1530. The number of rotatable bonds is 7. The molecule has 0 atom stereocenters. The lowest BCUT2D eigenvalue weighted by Gasteiger charge is -2.10. The summed E-state index contributed by atoms with van der Waals surface area (Å²) in [7, 11) is 0. The van der Waals surface area contributed by atoms with Gasteiger partial charge >= 0.3 is 0 Å². The normalized spacial score (nSPS) is 11.4. The largest absolute Gasteiger partial charge is 0.324 e. The maximum Gasteiger partial charge on any atom is 0.264 e. The number of pyridine rings is 1. The monoisotopic (exact) mass is 506 g/mol. The molecular weight excluding hydrogens is 486 g/mol. The molecule has 3 aromatic heterocycles. The molecule has 0 spiro atoms. The van der Waals surface area contributed by atoms with Crippen LogP contribution < -0.4 is 5.32 Å². The summed E-state index contributed by atoms with van der Waals surface area (Å²) in [6.07, 6.45) is 0.586. The summed E-state index contributed by atoms with van der Waals surface area (Å²) in [6, 6.07) is 17.8. The Morgan fingerprint density at radius 2 is 1.86 bits per heavy atom. The second kappa shape index (κ2) is 9.87. The Kier molecular flexibility index (Phi) is 6.47. The Balaban J connectivity index is 1.38. The minimum Gasteiger partial charge on any atom is -0.324 e. The molecule has 0 fully saturated rings. The SMILES string of the molecule is Cc1nn(CC(=O)Nc2ccc(Cn3cc(Cl)cn3)cc2)c2nc(-c3ccccc3)cc(C(F)F)c12. The van der Waals surface area contributed by atoms with Gasteiger partial charge in [-0.1, -0.05) is 54.1 Å². The third kappa shape index (κ3) is 4.96. The first kappa shape index (κ1) is 23.6. The van der Waals surface area contributed by atoms with Gasteiger partial charge in [0.1, 0.15) is 6.54 Å². The van der Waals surface area contributed by atoms with E-state index in [4.69, 9.17) is 11.6 Å². The van der Waals surface area contributed by atoms with Crippen LogP contribution in [0.3, 0.4) is 0 Å². The second-order valence-electron chi connectivity index (χ2n) is 8.31. The third-order valence-corrected chi connectivity index (χ3v) is 5.89. The van der Waals surface area contributed by atoms with E-state index in [0.717, 1.165) is 5.56 Å². The number of nitrogens with one attached hydrogen (secondary N) is 1. The first-order valence-corrected chi connectivity index (χ1v) is 11.5. The molecule has 7 nitrogen and oxygen atoms in total. The maximum absolute atomic E-state index is 13.9. The van der Waals surface area contributed by atoms with Crippen LogP contribution >= 0.6 is 11.6 Å². The van der Waals surface area contributed by atoms with Crippen molar-refractivity contribution in [3.63, 3.8) is 0 Å². The number of hydrogen-bond donors (Lipinski definition) is 1. The fourth-order valence-electron chi connectivity index (χ4n) is 4.07. The third-order valence-electron chi connectivity index (χ3n) is 5.69. The highest BCUT2D eigenvalue weighted by molar-refractivity contribution is 6.30. The highest BCUT2D eigenvalue weighted by Gasteiger charge is 2.22. The first-order chi connectivity index (χ1) is 17.4. The van der Waals surface area contributed by atoms with Crippen LogP contribution in [0.4, 0.5) is 14.5 Å². The number of aryl methyl sites for hydroxylation is 1. The summed E-state index contributed by atoms with van der Waals surface area (Å²) in [6.45, 7) is 2.01. The number of nitrogens with zero attached hydrogens (tertiary/aromatic N) is 5. The molecule has 0 bridgehead atoms. The molecule has 5 aromatic rings. The number of amides is 1. The molecule has 10 heteroatoms. The van der Waals surface area contributed by atoms with Gasteiger partial charge in [-0.3, -0.25) is 9.48 Å². The van der Waals surface area contributed by atoms with Gasteiger partial charge in [-0.2, -0.15) is 10.2 Å². The van der Waals surface area contributed by atoms with Crippen LogP contribution in [0.15, 0.2) is 73.1 Å². The number of alkyl halides is 2. The van der Waals surface area contributed by atoms with Gasteiger partial charge in [-0.05, 0) is 30.7 Å². The quantitative estimate of drug-likeness (QED) is 0.299. The van der Waals surface area contributed by atoms with E-state index in [9.17, 15) is 13.6 Å². The van der Waals surface area contributed by atoms with Gasteiger partial charge in [0.2, 0.25) is 5.91 Å². The average molecular weight is 507 g/mol.